The van der Waals surface area contributed by atoms with Gasteiger partial charge in [0.05, 0.1) is 23.4 Å². The highest BCUT2D eigenvalue weighted by Gasteiger charge is 2.22. The van der Waals surface area contributed by atoms with Crippen molar-refractivity contribution in [3.05, 3.63) is 77.2 Å². The predicted molar refractivity (Wildman–Crippen MR) is 127 cm³/mol. The van der Waals surface area contributed by atoms with Gasteiger partial charge in [-0.05, 0) is 30.2 Å². The fourth-order valence-corrected chi connectivity index (χ4v) is 5.03. The van der Waals surface area contributed by atoms with Gasteiger partial charge in [-0.15, -0.1) is 11.3 Å². The number of nitrogens with zero attached hydrogens (tertiary/aromatic N) is 1. The molecule has 0 unspecified atom stereocenters. The van der Waals surface area contributed by atoms with Gasteiger partial charge < -0.3 is 10.1 Å². The number of esters is 1. The summed E-state index contributed by atoms with van der Waals surface area (Å²) in [6, 6.07) is 19.5. The van der Waals surface area contributed by atoms with Gasteiger partial charge in [-0.3, -0.25) is 4.79 Å². The van der Waals surface area contributed by atoms with Crippen molar-refractivity contribution in [1.29, 1.82) is 0 Å². The first-order valence-electron chi connectivity index (χ1n) is 9.61. The van der Waals surface area contributed by atoms with Gasteiger partial charge in [0.25, 0.3) is 0 Å². The summed E-state index contributed by atoms with van der Waals surface area (Å²) in [6.45, 7) is 2.04. The third-order valence-corrected chi connectivity index (χ3v) is 6.58. The Morgan fingerprint density at radius 2 is 1.84 bits per heavy atom. The maximum atomic E-state index is 12.6. The van der Waals surface area contributed by atoms with Crippen molar-refractivity contribution in [3.8, 4) is 11.1 Å². The van der Waals surface area contributed by atoms with Gasteiger partial charge in [0.15, 0.2) is 0 Å². The number of aromatic nitrogens is 1. The number of thiophene rings is 1. The third-order valence-electron chi connectivity index (χ3n) is 4.77. The van der Waals surface area contributed by atoms with Crippen LogP contribution in [0.3, 0.4) is 0 Å². The number of aryl methyl sites for hydroxylation is 1. The van der Waals surface area contributed by atoms with E-state index in [9.17, 15) is 9.59 Å². The maximum absolute atomic E-state index is 12.6. The first kappa shape index (κ1) is 21.1. The lowest BCUT2D eigenvalue weighted by Crippen LogP contribution is -2.16. The number of thioether (sulfide) groups is 1. The van der Waals surface area contributed by atoms with Crippen LogP contribution >= 0.6 is 23.1 Å². The molecule has 5 nitrogen and oxygen atoms in total. The van der Waals surface area contributed by atoms with Crippen molar-refractivity contribution in [3.63, 3.8) is 0 Å². The van der Waals surface area contributed by atoms with Crippen LogP contribution in [0, 0.1) is 6.92 Å². The van der Waals surface area contributed by atoms with Gasteiger partial charge in [-0.2, -0.15) is 0 Å². The molecule has 0 spiro atoms. The molecule has 2 aromatic carbocycles. The van der Waals surface area contributed by atoms with Crippen molar-refractivity contribution in [2.45, 2.75) is 11.9 Å². The number of benzene rings is 2. The Morgan fingerprint density at radius 3 is 2.61 bits per heavy atom. The van der Waals surface area contributed by atoms with Gasteiger partial charge in [0.2, 0.25) is 5.91 Å². The number of methoxy groups -OCH3 is 1. The molecule has 0 saturated carbocycles. The molecule has 0 aliphatic rings. The van der Waals surface area contributed by atoms with E-state index >= 15 is 0 Å². The number of carbonyl (C=O) groups is 2. The van der Waals surface area contributed by atoms with E-state index in [-0.39, 0.29) is 11.7 Å². The van der Waals surface area contributed by atoms with Gasteiger partial charge in [-0.1, -0.05) is 60.3 Å². The van der Waals surface area contributed by atoms with Crippen molar-refractivity contribution in [2.75, 3.05) is 18.2 Å². The first-order valence-corrected chi connectivity index (χ1v) is 11.5. The van der Waals surface area contributed by atoms with Crippen LogP contribution in [0.15, 0.2) is 71.1 Å². The number of ether oxygens (including phenoxy) is 1. The second-order valence-electron chi connectivity index (χ2n) is 6.84. The van der Waals surface area contributed by atoms with Crippen molar-refractivity contribution < 1.29 is 14.3 Å². The van der Waals surface area contributed by atoms with Gasteiger partial charge in [0.1, 0.15) is 10.6 Å². The zero-order valence-electron chi connectivity index (χ0n) is 17.0. The second-order valence-corrected chi connectivity index (χ2v) is 8.72. The number of hydrogen-bond acceptors (Lipinski definition) is 6. The third kappa shape index (κ3) is 4.62. The molecular formula is C24H20N2O3S2. The molecule has 0 saturated heterocycles. The van der Waals surface area contributed by atoms with Crippen LogP contribution in [0.4, 0.5) is 5.00 Å². The van der Waals surface area contributed by atoms with Crippen LogP contribution in [0.5, 0.6) is 0 Å². The minimum absolute atomic E-state index is 0.184. The van der Waals surface area contributed by atoms with Gasteiger partial charge >= 0.3 is 5.97 Å². The molecule has 1 amide bonds. The number of rotatable bonds is 6. The fraction of sp³-hybridized carbons (Fsp3) is 0.125. The molecule has 2 aromatic heterocycles. The predicted octanol–water partition coefficient (Wildman–Crippen LogP) is 5.79. The average molecular weight is 449 g/mol. The molecular weight excluding hydrogens is 428 g/mol. The van der Waals surface area contributed by atoms with Gasteiger partial charge in [-0.25, -0.2) is 9.78 Å². The number of amides is 1. The number of anilines is 1. The molecule has 4 aromatic rings. The van der Waals surface area contributed by atoms with Crippen molar-refractivity contribution in [1.82, 2.24) is 4.98 Å². The summed E-state index contributed by atoms with van der Waals surface area (Å²) in [5.41, 5.74) is 4.03. The summed E-state index contributed by atoms with van der Waals surface area (Å²) in [7, 11) is 1.34. The largest absolute Gasteiger partial charge is 0.465 e. The minimum Gasteiger partial charge on any atom is -0.465 e. The SMILES string of the molecule is COC(=O)c1c(-c2ccccc2)csc1NC(=O)CSc1cc(C)c2ccccc2n1. The Labute approximate surface area is 188 Å². The molecule has 0 bridgehead atoms. The highest BCUT2D eigenvalue weighted by Crippen LogP contribution is 2.36. The highest BCUT2D eigenvalue weighted by atomic mass is 32.2. The molecule has 0 aliphatic heterocycles. The monoisotopic (exact) mass is 448 g/mol. The summed E-state index contributed by atoms with van der Waals surface area (Å²) in [5, 5.41) is 7.10. The molecule has 1 N–H and O–H groups in total. The van der Waals surface area contributed by atoms with Crippen molar-refractivity contribution >= 4 is 50.9 Å². The summed E-state index contributed by atoms with van der Waals surface area (Å²) >= 11 is 2.68. The van der Waals surface area contributed by atoms with Crippen LogP contribution in [-0.4, -0.2) is 29.7 Å². The van der Waals surface area contributed by atoms with E-state index in [1.54, 1.807) is 0 Å². The normalized spacial score (nSPS) is 10.8. The number of nitrogens with one attached hydrogen (secondary N) is 1. The van der Waals surface area contributed by atoms with Crippen LogP contribution in [0.2, 0.25) is 0 Å². The fourth-order valence-electron chi connectivity index (χ4n) is 3.28. The van der Waals surface area contributed by atoms with Gasteiger partial charge in [0, 0.05) is 16.3 Å². The van der Waals surface area contributed by atoms with E-state index in [2.05, 4.69) is 10.3 Å². The Kier molecular flexibility index (Phi) is 6.34. The molecule has 0 fully saturated rings. The Hall–Kier alpha value is -3.16. The number of fused-ring (bicyclic) bond motifs is 1. The van der Waals surface area contributed by atoms with E-state index in [4.69, 9.17) is 4.74 Å². The van der Waals surface area contributed by atoms with E-state index in [1.165, 1.54) is 30.2 Å². The molecule has 156 valence electrons. The summed E-state index contributed by atoms with van der Waals surface area (Å²) in [6.07, 6.45) is 0. The Bertz CT molecular complexity index is 1250. The molecule has 0 atom stereocenters. The number of hydrogen-bond donors (Lipinski definition) is 1. The average Bonchev–Trinajstić information content (AvgIpc) is 3.21. The highest BCUT2D eigenvalue weighted by molar-refractivity contribution is 7.99. The second kappa shape index (κ2) is 9.32. The quantitative estimate of drug-likeness (QED) is 0.299. The molecule has 0 aliphatic carbocycles. The molecule has 0 radical (unpaired) electrons. The van der Waals surface area contributed by atoms with Crippen LogP contribution in [0.1, 0.15) is 15.9 Å². The lowest BCUT2D eigenvalue weighted by molar-refractivity contribution is -0.113. The molecule has 2 heterocycles. The van der Waals surface area contributed by atoms with Crippen LogP contribution in [-0.2, 0) is 9.53 Å². The minimum atomic E-state index is -0.477. The Balaban J connectivity index is 1.51. The molecule has 7 heteroatoms. The standard InChI is InChI=1S/C24H20N2O3S2/c1-15-12-21(25-19-11-7-6-10-17(15)19)30-14-20(27)26-23-22(24(28)29-2)18(13-31-23)16-8-4-3-5-9-16/h3-13H,14H2,1-2H3,(H,26,27). The number of para-hydroxylation sites is 1. The topological polar surface area (TPSA) is 68.3 Å². The lowest BCUT2D eigenvalue weighted by atomic mass is 10.0. The summed E-state index contributed by atoms with van der Waals surface area (Å²) in [5.74, 6) is -0.497. The Morgan fingerprint density at radius 1 is 1.10 bits per heavy atom. The lowest BCUT2D eigenvalue weighted by Gasteiger charge is -2.08. The summed E-state index contributed by atoms with van der Waals surface area (Å²) in [4.78, 5) is 29.7. The molecule has 4 rings (SSSR count). The summed E-state index contributed by atoms with van der Waals surface area (Å²) < 4.78 is 4.96. The van der Waals surface area contributed by atoms with E-state index in [0.29, 0.717) is 10.6 Å². The smallest absolute Gasteiger partial charge is 0.341 e. The number of pyridine rings is 1. The number of carbonyl (C=O) groups excluding carboxylic acids is 2. The maximum Gasteiger partial charge on any atom is 0.341 e. The van der Waals surface area contributed by atoms with E-state index in [1.807, 2.05) is 73.0 Å². The first-order chi connectivity index (χ1) is 15.1. The zero-order valence-corrected chi connectivity index (χ0v) is 18.7. The van der Waals surface area contributed by atoms with Crippen LogP contribution in [0.25, 0.3) is 22.0 Å². The van der Waals surface area contributed by atoms with Crippen LogP contribution < -0.4 is 5.32 Å². The molecule has 31 heavy (non-hydrogen) atoms. The van der Waals surface area contributed by atoms with E-state index < -0.39 is 5.97 Å². The van der Waals surface area contributed by atoms with Crippen molar-refractivity contribution in [2.24, 2.45) is 0 Å². The zero-order chi connectivity index (χ0) is 21.8. The van der Waals surface area contributed by atoms with E-state index in [0.717, 1.165) is 32.6 Å².